The van der Waals surface area contributed by atoms with E-state index >= 15 is 0 Å². The topological polar surface area (TPSA) is 78.7 Å². The summed E-state index contributed by atoms with van der Waals surface area (Å²) in [7, 11) is 1.85. The third kappa shape index (κ3) is 5.75. The Kier molecular flexibility index (Phi) is 8.68. The van der Waals surface area contributed by atoms with Crippen molar-refractivity contribution in [3.63, 3.8) is 0 Å². The van der Waals surface area contributed by atoms with Gasteiger partial charge in [-0.3, -0.25) is 9.79 Å². The summed E-state index contributed by atoms with van der Waals surface area (Å²) < 4.78 is 2.00. The number of amides is 1. The molecule has 2 aliphatic rings. The highest BCUT2D eigenvalue weighted by molar-refractivity contribution is 14.0. The van der Waals surface area contributed by atoms with E-state index in [0.29, 0.717) is 18.2 Å². The summed E-state index contributed by atoms with van der Waals surface area (Å²) in [5, 5.41) is 11.2. The minimum atomic E-state index is 0. The van der Waals surface area contributed by atoms with Gasteiger partial charge in [0.2, 0.25) is 5.91 Å². The fourth-order valence-corrected chi connectivity index (χ4v) is 4.45. The van der Waals surface area contributed by atoms with Crippen molar-refractivity contribution in [2.45, 2.75) is 44.6 Å². The molecule has 1 atom stereocenters. The molecule has 3 heterocycles. The predicted molar refractivity (Wildman–Crippen MR) is 133 cm³/mol. The van der Waals surface area contributed by atoms with E-state index in [9.17, 15) is 4.79 Å². The number of anilines is 1. The van der Waals surface area contributed by atoms with Crippen LogP contribution in [-0.2, 0) is 11.3 Å². The fourth-order valence-electron chi connectivity index (χ4n) is 4.45. The van der Waals surface area contributed by atoms with E-state index in [1.165, 1.54) is 11.3 Å². The van der Waals surface area contributed by atoms with Crippen LogP contribution in [-0.4, -0.2) is 64.8 Å². The molecule has 0 bridgehead atoms. The highest BCUT2D eigenvalue weighted by Gasteiger charge is 2.31. The Labute approximate surface area is 201 Å². The van der Waals surface area contributed by atoms with Crippen molar-refractivity contribution in [2.75, 3.05) is 38.1 Å². The zero-order chi connectivity index (χ0) is 20.8. The summed E-state index contributed by atoms with van der Waals surface area (Å²) in [5.74, 6) is 1.65. The third-order valence-electron chi connectivity index (χ3n) is 6.05. The maximum Gasteiger partial charge on any atom is 0.222 e. The Morgan fingerprint density at radius 2 is 2.00 bits per heavy atom. The van der Waals surface area contributed by atoms with Crippen LogP contribution in [0.4, 0.5) is 5.69 Å². The average Bonchev–Trinajstić information content (AvgIpc) is 3.50. The van der Waals surface area contributed by atoms with Crippen molar-refractivity contribution in [1.29, 1.82) is 0 Å². The quantitative estimate of drug-likeness (QED) is 0.243. The molecule has 1 aromatic carbocycles. The largest absolute Gasteiger partial charge is 0.356 e. The number of fused-ring (bicyclic) bond motifs is 1. The third-order valence-corrected chi connectivity index (χ3v) is 6.05. The second kappa shape index (κ2) is 11.4. The van der Waals surface area contributed by atoms with Crippen LogP contribution in [0.25, 0.3) is 0 Å². The highest BCUT2D eigenvalue weighted by atomic mass is 127. The number of carbonyl (C=O) groups excluding carboxylic acids is 1. The lowest BCUT2D eigenvalue weighted by Crippen LogP contribution is -2.41. The minimum Gasteiger partial charge on any atom is -0.356 e. The zero-order valence-electron chi connectivity index (χ0n) is 18.1. The lowest BCUT2D eigenvalue weighted by molar-refractivity contribution is -0.127. The van der Waals surface area contributed by atoms with E-state index in [1.54, 1.807) is 12.7 Å². The second-order valence-electron chi connectivity index (χ2n) is 8.02. The van der Waals surface area contributed by atoms with Crippen LogP contribution < -0.4 is 10.2 Å². The Bertz CT molecular complexity index is 871. The molecule has 0 spiro atoms. The van der Waals surface area contributed by atoms with Crippen molar-refractivity contribution in [3.8, 4) is 0 Å². The molecule has 8 nitrogen and oxygen atoms in total. The summed E-state index contributed by atoms with van der Waals surface area (Å²) in [6.07, 6.45) is 8.32. The number of hydrogen-bond donors (Lipinski definition) is 1. The molecule has 1 unspecified atom stereocenters. The molecule has 2 aliphatic heterocycles. The molecule has 9 heteroatoms. The van der Waals surface area contributed by atoms with Crippen LogP contribution in [0, 0.1) is 0 Å². The molecule has 0 saturated carbocycles. The van der Waals surface area contributed by atoms with Crippen molar-refractivity contribution < 1.29 is 4.79 Å². The van der Waals surface area contributed by atoms with Crippen molar-refractivity contribution in [2.24, 2.45) is 4.99 Å². The van der Waals surface area contributed by atoms with Crippen LogP contribution in [0.15, 0.2) is 41.9 Å². The van der Waals surface area contributed by atoms with Gasteiger partial charge in [0.1, 0.15) is 12.7 Å². The van der Waals surface area contributed by atoms with Crippen LogP contribution in [0.3, 0.4) is 0 Å². The molecule has 1 N–H and O–H groups in total. The average molecular weight is 537 g/mol. The zero-order valence-corrected chi connectivity index (χ0v) is 20.4. The molecule has 1 amide bonds. The molecule has 1 fully saturated rings. The summed E-state index contributed by atoms with van der Waals surface area (Å²) in [6.45, 7) is 4.47. The molecule has 1 saturated heterocycles. The number of nitrogens with one attached hydrogen (secondary N) is 1. The number of aromatic nitrogens is 3. The first kappa shape index (κ1) is 23.5. The first-order valence-corrected chi connectivity index (χ1v) is 10.9. The van der Waals surface area contributed by atoms with Gasteiger partial charge in [-0.25, -0.2) is 0 Å². The van der Waals surface area contributed by atoms with Gasteiger partial charge < -0.3 is 19.7 Å². The number of carbonyl (C=O) groups is 1. The first-order chi connectivity index (χ1) is 14.8. The molecule has 0 aliphatic carbocycles. The number of halogens is 1. The van der Waals surface area contributed by atoms with Gasteiger partial charge >= 0.3 is 0 Å². The molecular formula is C22H32IN7O. The Morgan fingerprint density at radius 1 is 1.19 bits per heavy atom. The maximum absolute atomic E-state index is 12.0. The van der Waals surface area contributed by atoms with E-state index in [0.717, 1.165) is 64.4 Å². The summed E-state index contributed by atoms with van der Waals surface area (Å²) in [4.78, 5) is 20.8. The number of likely N-dealkylation sites (tertiary alicyclic amines) is 1. The normalized spacial score (nSPS) is 18.3. The second-order valence-corrected chi connectivity index (χ2v) is 8.02. The van der Waals surface area contributed by atoms with E-state index < -0.39 is 0 Å². The number of nitrogens with zero attached hydrogens (tertiary/aromatic N) is 6. The summed E-state index contributed by atoms with van der Waals surface area (Å²) >= 11 is 0. The summed E-state index contributed by atoms with van der Waals surface area (Å²) in [5.41, 5.74) is 2.59. The molecule has 168 valence electrons. The number of aryl methyl sites for hydroxylation is 1. The number of hydrogen-bond acceptors (Lipinski definition) is 4. The van der Waals surface area contributed by atoms with Gasteiger partial charge in [-0.1, -0.05) is 18.2 Å². The molecular weight excluding hydrogens is 505 g/mol. The molecule has 2 aromatic rings. The molecule has 0 radical (unpaired) electrons. The summed E-state index contributed by atoms with van der Waals surface area (Å²) in [6, 6.07) is 8.59. The lowest BCUT2D eigenvalue weighted by atomic mass is 9.98. The predicted octanol–water partition coefficient (Wildman–Crippen LogP) is 2.87. The van der Waals surface area contributed by atoms with Crippen molar-refractivity contribution in [3.05, 3.63) is 42.5 Å². The van der Waals surface area contributed by atoms with E-state index in [-0.39, 0.29) is 24.0 Å². The number of aliphatic imine (C=N–C) groups is 1. The smallest absolute Gasteiger partial charge is 0.222 e. The number of guanidine groups is 1. The number of para-hydroxylation sites is 1. The highest BCUT2D eigenvalue weighted by Crippen LogP contribution is 2.38. The van der Waals surface area contributed by atoms with Crippen molar-refractivity contribution >= 4 is 41.5 Å². The Balaban J connectivity index is 0.00000272. The first-order valence-electron chi connectivity index (χ1n) is 10.9. The van der Waals surface area contributed by atoms with Crippen LogP contribution in [0.2, 0.25) is 0 Å². The number of unbranched alkanes of at least 4 members (excludes halogenated alkanes) is 1. The standard InChI is InChI=1S/C22H31N7O.HI/c1-23-22(24-11-4-5-12-27-16-25-26-17-27)29-15-18(19-7-2-3-8-20(19)29)10-14-28-13-6-9-21(28)30;/h2-3,7-8,16-18H,4-6,9-15H2,1H3,(H,23,24);1H. The van der Waals surface area contributed by atoms with E-state index in [1.807, 2.05) is 16.5 Å². The van der Waals surface area contributed by atoms with Gasteiger partial charge in [0, 0.05) is 57.8 Å². The molecule has 4 rings (SSSR count). The Hall–Kier alpha value is -2.17. The minimum absolute atomic E-state index is 0. The van der Waals surface area contributed by atoms with E-state index in [4.69, 9.17) is 0 Å². The van der Waals surface area contributed by atoms with Crippen LogP contribution >= 0.6 is 24.0 Å². The number of benzene rings is 1. The van der Waals surface area contributed by atoms with Gasteiger partial charge in [0.05, 0.1) is 0 Å². The van der Waals surface area contributed by atoms with Gasteiger partial charge in [-0.05, 0) is 37.3 Å². The SMILES string of the molecule is CN=C(NCCCCn1cnnc1)N1CC(CCN2CCCC2=O)c2ccccc21.I. The molecule has 1 aromatic heterocycles. The lowest BCUT2D eigenvalue weighted by Gasteiger charge is -2.23. The van der Waals surface area contributed by atoms with Gasteiger partial charge in [-0.15, -0.1) is 34.2 Å². The van der Waals surface area contributed by atoms with Crippen LogP contribution in [0.5, 0.6) is 0 Å². The maximum atomic E-state index is 12.0. The van der Waals surface area contributed by atoms with E-state index in [2.05, 4.69) is 49.7 Å². The number of rotatable bonds is 8. The van der Waals surface area contributed by atoms with Gasteiger partial charge in [0.25, 0.3) is 0 Å². The van der Waals surface area contributed by atoms with Gasteiger partial charge in [0.15, 0.2) is 5.96 Å². The fraction of sp³-hybridized carbons (Fsp3) is 0.545. The Morgan fingerprint density at radius 3 is 2.74 bits per heavy atom. The van der Waals surface area contributed by atoms with Crippen molar-refractivity contribution in [1.82, 2.24) is 25.0 Å². The van der Waals surface area contributed by atoms with Crippen LogP contribution in [0.1, 0.15) is 43.6 Å². The molecule has 31 heavy (non-hydrogen) atoms. The monoisotopic (exact) mass is 537 g/mol. The van der Waals surface area contributed by atoms with Gasteiger partial charge in [-0.2, -0.15) is 0 Å².